The number of morpholine rings is 1. The fourth-order valence-electron chi connectivity index (χ4n) is 13.0. The van der Waals surface area contributed by atoms with Gasteiger partial charge < -0.3 is 38.8 Å². The Bertz CT molecular complexity index is 3450. The van der Waals surface area contributed by atoms with Crippen LogP contribution in [0.3, 0.4) is 0 Å². The number of non-ortho nitro benzene ring substituents is 1. The third kappa shape index (κ3) is 10.1. The minimum Gasteiger partial charge on any atom is -0.491 e. The van der Waals surface area contributed by atoms with Crippen molar-refractivity contribution in [3.63, 3.8) is 0 Å². The summed E-state index contributed by atoms with van der Waals surface area (Å²) >= 11 is 0. The van der Waals surface area contributed by atoms with Gasteiger partial charge in [0.05, 0.1) is 35.2 Å². The van der Waals surface area contributed by atoms with Gasteiger partial charge >= 0.3 is 12.1 Å². The van der Waals surface area contributed by atoms with Crippen LogP contribution >= 0.6 is 0 Å². The highest BCUT2D eigenvalue weighted by atomic mass is 16.7. The maximum atomic E-state index is 17.0. The number of cyclic esters (lactones) is 1. The first kappa shape index (κ1) is 54.0. The van der Waals surface area contributed by atoms with Crippen molar-refractivity contribution in [2.24, 2.45) is 5.92 Å². The molecule has 6 aromatic carbocycles. The van der Waals surface area contributed by atoms with Gasteiger partial charge in [0.15, 0.2) is 11.5 Å². The standard InChI is InChI=1S/C64H61N5O13/c70-35-36-78-49-23-19-47(20-24-49)58-64(50-37-42(27-30-63(75)28-9-1-2-10-29-63)17-25-51(50)67(61(64)73)62(74)79-40-43-15-21-48(22-16-43)69(76)77)54(59(71)66-33-31-65(32-34-66)39-44-18-26-52-53(38-44)81-41-80-52)56-60(72)82-57(46-13-7-4-8-14-46)55(68(56)58)45-11-5-3-6-12-45/h3-8,11-26,37-38,54-58,70,75H,1-2,9-10,28-29,31-36,39-41H2. The van der Waals surface area contributed by atoms with E-state index < -0.39 is 70.0 Å². The van der Waals surface area contributed by atoms with Gasteiger partial charge in [-0.2, -0.15) is 0 Å². The van der Waals surface area contributed by atoms with Gasteiger partial charge in [-0.3, -0.25) is 34.3 Å². The number of piperazine rings is 1. The normalized spacial score (nSPS) is 23.7. The quantitative estimate of drug-likeness (QED) is 0.0387. The van der Waals surface area contributed by atoms with Crippen molar-refractivity contribution < 1.29 is 58.0 Å². The van der Waals surface area contributed by atoms with Crippen molar-refractivity contribution in [2.75, 3.05) is 51.1 Å². The molecule has 5 aliphatic heterocycles. The molecule has 82 heavy (non-hydrogen) atoms. The maximum Gasteiger partial charge on any atom is 0.421 e. The maximum absolute atomic E-state index is 17.0. The Morgan fingerprint density at radius 1 is 0.744 bits per heavy atom. The zero-order valence-corrected chi connectivity index (χ0v) is 45.0. The van der Waals surface area contributed by atoms with E-state index in [4.69, 9.17) is 23.7 Å². The number of aliphatic hydroxyl groups is 2. The number of ether oxygens (including phenoxy) is 5. The van der Waals surface area contributed by atoms with E-state index in [0.717, 1.165) is 41.7 Å². The van der Waals surface area contributed by atoms with Crippen LogP contribution in [0.5, 0.6) is 17.2 Å². The molecular formula is C64H61N5O13. The van der Waals surface area contributed by atoms with Crippen LogP contribution in [0.15, 0.2) is 146 Å². The number of nitro groups is 1. The number of rotatable bonds is 12. The van der Waals surface area contributed by atoms with Gasteiger partial charge in [-0.1, -0.05) is 104 Å². The van der Waals surface area contributed by atoms with Gasteiger partial charge in [0, 0.05) is 50.4 Å². The molecule has 3 amide bonds. The molecule has 0 bridgehead atoms. The fraction of sp³-hybridized carbons (Fsp3) is 0.344. The number of anilines is 1. The smallest absolute Gasteiger partial charge is 0.421 e. The van der Waals surface area contributed by atoms with Crippen molar-refractivity contribution in [3.05, 3.63) is 195 Å². The molecule has 6 aliphatic rings. The van der Waals surface area contributed by atoms with Crippen molar-refractivity contribution >= 4 is 35.3 Å². The van der Waals surface area contributed by atoms with E-state index in [1.807, 2.05) is 83.8 Å². The zero-order valence-electron chi connectivity index (χ0n) is 45.0. The largest absolute Gasteiger partial charge is 0.491 e. The van der Waals surface area contributed by atoms with Gasteiger partial charge in [0.1, 0.15) is 42.1 Å². The Hall–Kier alpha value is -8.60. The predicted molar refractivity (Wildman–Crippen MR) is 298 cm³/mol. The highest BCUT2D eigenvalue weighted by molar-refractivity contribution is 6.23. The van der Waals surface area contributed by atoms with E-state index >= 15 is 19.2 Å². The molecule has 1 spiro atoms. The third-order valence-electron chi connectivity index (χ3n) is 16.9. The average Bonchev–Trinajstić information content (AvgIpc) is 1.55. The fourth-order valence-corrected chi connectivity index (χ4v) is 13.0. The van der Waals surface area contributed by atoms with E-state index in [1.54, 1.807) is 47.4 Å². The van der Waals surface area contributed by atoms with Crippen molar-refractivity contribution in [2.45, 2.75) is 86.9 Å². The van der Waals surface area contributed by atoms with Crippen molar-refractivity contribution in [1.29, 1.82) is 0 Å². The second kappa shape index (κ2) is 22.7. The topological polar surface area (TPSA) is 211 Å². The molecule has 5 heterocycles. The zero-order chi connectivity index (χ0) is 56.5. The van der Waals surface area contributed by atoms with Gasteiger partial charge in [0.25, 0.3) is 5.69 Å². The number of esters is 1. The highest BCUT2D eigenvalue weighted by Gasteiger charge is 2.76. The Morgan fingerprint density at radius 2 is 1.43 bits per heavy atom. The molecule has 1 saturated carbocycles. The Balaban J connectivity index is 1.05. The Kier molecular flexibility index (Phi) is 15.0. The lowest BCUT2D eigenvalue weighted by Gasteiger charge is -2.46. The van der Waals surface area contributed by atoms with Crippen LogP contribution in [-0.4, -0.2) is 112 Å². The molecular weight excluding hydrogens is 1050 g/mol. The minimum absolute atomic E-state index is 0.00383. The number of amides is 3. The monoisotopic (exact) mass is 1110 g/mol. The number of nitrogens with zero attached hydrogens (tertiary/aromatic N) is 5. The molecule has 3 saturated heterocycles. The van der Waals surface area contributed by atoms with Crippen LogP contribution in [0.2, 0.25) is 0 Å². The van der Waals surface area contributed by atoms with E-state index in [1.165, 1.54) is 24.3 Å². The minimum atomic E-state index is -2.13. The number of hydrogen-bond donors (Lipinski definition) is 2. The summed E-state index contributed by atoms with van der Waals surface area (Å²) in [6.45, 7) is 1.40. The Morgan fingerprint density at radius 3 is 2.12 bits per heavy atom. The lowest BCUT2D eigenvalue weighted by Crippen LogP contribution is -2.59. The van der Waals surface area contributed by atoms with Crippen LogP contribution in [0.4, 0.5) is 16.2 Å². The second-order valence-corrected chi connectivity index (χ2v) is 21.7. The van der Waals surface area contributed by atoms with Crippen LogP contribution in [0.1, 0.15) is 95.7 Å². The molecule has 6 aromatic rings. The lowest BCUT2D eigenvalue weighted by atomic mass is 9.64. The highest BCUT2D eigenvalue weighted by Crippen LogP contribution is 2.66. The average molecular weight is 1110 g/mol. The molecule has 1 aliphatic carbocycles. The van der Waals surface area contributed by atoms with Gasteiger partial charge in [-0.25, -0.2) is 9.69 Å². The first-order chi connectivity index (χ1) is 39.9. The molecule has 4 fully saturated rings. The SMILES string of the molecule is O=C1OC(c2ccccc2)C(c2ccccc2)N2C1C(C(=O)N1CCN(Cc3ccc4c(c3)OCO4)CC1)C1(C(=O)N(C(=O)OCc3ccc([N+](=O)[O-])cc3)c3ccc(C#CC4(O)CCCCCC4)cc31)C2c1ccc(OCCO)cc1. The molecule has 6 unspecified atom stereocenters. The van der Waals surface area contributed by atoms with Crippen LogP contribution in [-0.2, 0) is 42.4 Å². The molecule has 18 heteroatoms. The summed E-state index contributed by atoms with van der Waals surface area (Å²) in [6.07, 6.45) is 2.44. The summed E-state index contributed by atoms with van der Waals surface area (Å²) in [5.74, 6) is 4.52. The summed E-state index contributed by atoms with van der Waals surface area (Å²) in [4.78, 5) is 82.4. The number of carbonyl (C=O) groups excluding carboxylic acids is 4. The number of fused-ring (bicyclic) bond motifs is 4. The van der Waals surface area contributed by atoms with Crippen molar-refractivity contribution in [3.8, 4) is 29.1 Å². The van der Waals surface area contributed by atoms with Gasteiger partial charge in [0.2, 0.25) is 18.6 Å². The van der Waals surface area contributed by atoms with E-state index in [9.17, 15) is 20.3 Å². The molecule has 0 radical (unpaired) electrons. The van der Waals surface area contributed by atoms with Gasteiger partial charge in [-0.15, -0.1) is 0 Å². The number of imide groups is 1. The van der Waals surface area contributed by atoms with Crippen LogP contribution < -0.4 is 19.1 Å². The number of aliphatic hydroxyl groups excluding tert-OH is 1. The molecule has 420 valence electrons. The first-order valence-electron chi connectivity index (χ1n) is 27.9. The van der Waals surface area contributed by atoms with E-state index in [-0.39, 0.29) is 56.6 Å². The first-order valence-corrected chi connectivity index (χ1v) is 27.9. The summed E-state index contributed by atoms with van der Waals surface area (Å²) in [5.41, 5.74) is 0.453. The second-order valence-electron chi connectivity index (χ2n) is 21.7. The number of benzene rings is 6. The van der Waals surface area contributed by atoms with Crippen LogP contribution in [0.25, 0.3) is 0 Å². The predicted octanol–water partition coefficient (Wildman–Crippen LogP) is 8.48. The number of nitro benzene ring substituents is 1. The molecule has 6 atom stereocenters. The Labute approximate surface area is 473 Å². The molecule has 12 rings (SSSR count). The van der Waals surface area contributed by atoms with Crippen molar-refractivity contribution in [1.82, 2.24) is 14.7 Å². The number of carbonyl (C=O) groups is 4. The third-order valence-corrected chi connectivity index (χ3v) is 16.9. The molecule has 18 nitrogen and oxygen atoms in total. The summed E-state index contributed by atoms with van der Waals surface area (Å²) in [5, 5.41) is 33.2. The number of hydrogen-bond acceptors (Lipinski definition) is 15. The van der Waals surface area contributed by atoms with E-state index in [2.05, 4.69) is 16.7 Å². The molecule has 2 N–H and O–H groups in total. The summed E-state index contributed by atoms with van der Waals surface area (Å²) in [7, 11) is 0. The molecule has 0 aromatic heterocycles. The van der Waals surface area contributed by atoms with Crippen LogP contribution in [0, 0.1) is 27.9 Å². The van der Waals surface area contributed by atoms with E-state index in [0.29, 0.717) is 72.0 Å². The summed E-state index contributed by atoms with van der Waals surface area (Å²) in [6, 6.07) is 38.6. The summed E-state index contributed by atoms with van der Waals surface area (Å²) < 4.78 is 29.8. The lowest BCUT2D eigenvalue weighted by molar-refractivity contribution is -0.384. The van der Waals surface area contributed by atoms with Gasteiger partial charge in [-0.05, 0) is 114 Å².